The second-order valence-electron chi connectivity index (χ2n) is 7.25. The minimum atomic E-state index is 0. The van der Waals surface area contributed by atoms with Crippen LogP contribution in [0.2, 0.25) is 0 Å². The molecule has 5 radical (unpaired) electrons. The van der Waals surface area contributed by atoms with Crippen molar-refractivity contribution < 1.29 is 26.8 Å². The number of phenols is 1. The summed E-state index contributed by atoms with van der Waals surface area (Å²) in [4.78, 5) is 0. The van der Waals surface area contributed by atoms with Gasteiger partial charge in [0.2, 0.25) is 0 Å². The van der Waals surface area contributed by atoms with Gasteiger partial charge in [-0.1, -0.05) is 53.7 Å². The van der Waals surface area contributed by atoms with Crippen LogP contribution in [-0.2, 0) is 27.1 Å². The van der Waals surface area contributed by atoms with E-state index in [2.05, 4.69) is 59.8 Å². The Morgan fingerprint density at radius 1 is 0.923 bits per heavy atom. The summed E-state index contributed by atoms with van der Waals surface area (Å²) in [5.41, 5.74) is 2.94. The van der Waals surface area contributed by atoms with Crippen LogP contribution < -0.4 is 0 Å². The Morgan fingerprint density at radius 2 is 1.42 bits per heavy atom. The van der Waals surface area contributed by atoms with E-state index in [0.29, 0.717) is 11.2 Å². The smallest absolute Gasteiger partial charge is 0.508 e. The predicted octanol–water partition coefficient (Wildman–Crippen LogP) is 6.77. The maximum atomic E-state index is 9.18. The Morgan fingerprint density at radius 3 is 1.65 bits per heavy atom. The van der Waals surface area contributed by atoms with Gasteiger partial charge in [0.1, 0.15) is 5.75 Å². The second kappa shape index (κ2) is 17.1. The SMILES string of the molecule is CC(C)(C)C1=[C-]CC=C1.CC(C)(C)c1cccc(O)c1.Cl.Cl.[CH3-].[CH3-].[Si].[Ti+3]. The number of phenolic OH excluding ortho intramolecular Hbond substituents is 1. The van der Waals surface area contributed by atoms with Crippen LogP contribution in [0.25, 0.3) is 0 Å². The average molecular weight is 450 g/mol. The van der Waals surface area contributed by atoms with Crippen LogP contribution in [0.5, 0.6) is 5.75 Å². The number of allylic oxidation sites excluding steroid dienone is 4. The number of benzene rings is 1. The molecule has 1 aliphatic rings. The average Bonchev–Trinajstić information content (AvgIpc) is 2.81. The summed E-state index contributed by atoms with van der Waals surface area (Å²) in [6.45, 7) is 13.0. The summed E-state index contributed by atoms with van der Waals surface area (Å²) in [5, 5.41) is 9.18. The zero-order valence-corrected chi connectivity index (χ0v) is 21.6. The van der Waals surface area contributed by atoms with Crippen molar-refractivity contribution in [2.75, 3.05) is 0 Å². The Balaban J connectivity index is -0.0000000631. The summed E-state index contributed by atoms with van der Waals surface area (Å²) >= 11 is 0. The quantitative estimate of drug-likeness (QED) is 0.342. The zero-order valence-electron chi connectivity index (χ0n) is 17.4. The van der Waals surface area contributed by atoms with E-state index < -0.39 is 0 Å². The van der Waals surface area contributed by atoms with E-state index in [4.69, 9.17) is 0 Å². The standard InChI is InChI=1S/C10H14O.C9H13.2CH3.2ClH.Si.Ti/c1-10(2,3)8-5-4-6-9(11)7-8;1-9(2,3)8-6-4-5-7-8;;;;;;/h4-7,11H,1-3H3;4,6H,5H2,1-3H3;2*1H3;2*1H;;/q;3*-1;;;;+3. The molecule has 0 heterocycles. The number of hydrogen-bond donors (Lipinski definition) is 1. The molecule has 0 spiro atoms. The molecule has 0 saturated carbocycles. The molecule has 0 fully saturated rings. The Kier molecular flexibility index (Phi) is 26.8. The second-order valence-corrected chi connectivity index (χ2v) is 7.25. The molecular formula is C21H35Cl2OSiTi. The first-order valence-electron chi connectivity index (χ1n) is 7.18. The van der Waals surface area contributed by atoms with Gasteiger partial charge in [0.15, 0.2) is 0 Å². The molecular weight excluding hydrogens is 415 g/mol. The van der Waals surface area contributed by atoms with Gasteiger partial charge in [0.05, 0.1) is 0 Å². The third-order valence-corrected chi connectivity index (χ3v) is 3.22. The molecule has 0 aliphatic heterocycles. The van der Waals surface area contributed by atoms with Gasteiger partial charge in [-0.05, 0) is 28.5 Å². The summed E-state index contributed by atoms with van der Waals surface area (Å²) in [6, 6.07) is 7.39. The minimum Gasteiger partial charge on any atom is -0.508 e. The predicted molar refractivity (Wildman–Crippen MR) is 120 cm³/mol. The zero-order chi connectivity index (χ0) is 15.4. The molecule has 5 heteroatoms. The molecule has 2 rings (SSSR count). The van der Waals surface area contributed by atoms with Crippen molar-refractivity contribution in [2.45, 2.75) is 53.4 Å². The minimum absolute atomic E-state index is 0. The van der Waals surface area contributed by atoms with Gasteiger partial charge in [-0.3, -0.25) is 6.08 Å². The summed E-state index contributed by atoms with van der Waals surface area (Å²) in [7, 11) is 0. The summed E-state index contributed by atoms with van der Waals surface area (Å²) in [5.74, 6) is 0.345. The van der Waals surface area contributed by atoms with Crippen LogP contribution in [0.1, 0.15) is 53.5 Å². The molecule has 26 heavy (non-hydrogen) atoms. The Labute approximate surface area is 194 Å². The summed E-state index contributed by atoms with van der Waals surface area (Å²) < 4.78 is 0. The van der Waals surface area contributed by atoms with Crippen LogP contribution in [0.15, 0.2) is 42.0 Å². The van der Waals surface area contributed by atoms with Crippen molar-refractivity contribution in [2.24, 2.45) is 5.41 Å². The molecule has 0 aromatic heterocycles. The number of halogens is 2. The van der Waals surface area contributed by atoms with Gasteiger partial charge in [-0.25, -0.2) is 11.6 Å². The van der Waals surface area contributed by atoms with Crippen molar-refractivity contribution in [1.82, 2.24) is 0 Å². The third-order valence-electron chi connectivity index (χ3n) is 3.22. The Bertz CT molecular complexity index is 515. The fourth-order valence-electron chi connectivity index (χ4n) is 1.89. The molecule has 1 N–H and O–H groups in total. The molecule has 1 aliphatic carbocycles. The number of rotatable bonds is 0. The molecule has 0 amide bonds. The maximum Gasteiger partial charge on any atom is 3.00 e. The van der Waals surface area contributed by atoms with Crippen molar-refractivity contribution in [3.05, 3.63) is 68.5 Å². The van der Waals surface area contributed by atoms with Crippen LogP contribution >= 0.6 is 24.8 Å². The van der Waals surface area contributed by atoms with Crippen LogP contribution in [0.4, 0.5) is 0 Å². The molecule has 0 bridgehead atoms. The van der Waals surface area contributed by atoms with Gasteiger partial charge in [-0.2, -0.15) is 6.08 Å². The normalized spacial score (nSPS) is 11.2. The summed E-state index contributed by atoms with van der Waals surface area (Å²) in [6.07, 6.45) is 8.63. The van der Waals surface area contributed by atoms with E-state index >= 15 is 0 Å². The van der Waals surface area contributed by atoms with Gasteiger partial charge >= 0.3 is 21.7 Å². The van der Waals surface area contributed by atoms with Crippen LogP contribution in [-0.4, -0.2) is 16.1 Å². The van der Waals surface area contributed by atoms with Crippen molar-refractivity contribution in [3.8, 4) is 5.75 Å². The van der Waals surface area contributed by atoms with Gasteiger partial charge in [-0.15, -0.1) is 31.2 Å². The number of hydrogen-bond acceptors (Lipinski definition) is 1. The first-order chi connectivity index (χ1) is 9.10. The van der Waals surface area contributed by atoms with E-state index in [1.165, 1.54) is 5.57 Å². The van der Waals surface area contributed by atoms with E-state index in [1.807, 2.05) is 12.1 Å². The van der Waals surface area contributed by atoms with Crippen molar-refractivity contribution in [3.63, 3.8) is 0 Å². The van der Waals surface area contributed by atoms with E-state index in [1.54, 1.807) is 12.1 Å². The molecule has 0 atom stereocenters. The van der Waals surface area contributed by atoms with E-state index in [-0.39, 0.29) is 77.8 Å². The van der Waals surface area contributed by atoms with E-state index in [0.717, 1.165) is 12.0 Å². The van der Waals surface area contributed by atoms with Crippen LogP contribution in [0.3, 0.4) is 0 Å². The first kappa shape index (κ1) is 40.6. The van der Waals surface area contributed by atoms with Crippen molar-refractivity contribution >= 4 is 35.8 Å². The Hall–Kier alpha value is 0.0112. The largest absolute Gasteiger partial charge is 3.00 e. The fourth-order valence-corrected chi connectivity index (χ4v) is 1.89. The first-order valence-corrected chi connectivity index (χ1v) is 7.18. The molecule has 147 valence electrons. The number of aromatic hydroxyl groups is 1. The van der Waals surface area contributed by atoms with Gasteiger partial charge in [0.25, 0.3) is 0 Å². The molecule has 0 saturated heterocycles. The van der Waals surface area contributed by atoms with Gasteiger partial charge < -0.3 is 20.0 Å². The molecule has 1 aromatic carbocycles. The monoisotopic (exact) mass is 449 g/mol. The third kappa shape index (κ3) is 15.1. The van der Waals surface area contributed by atoms with E-state index in [9.17, 15) is 5.11 Å². The fraction of sp³-hybridized carbons (Fsp3) is 0.429. The van der Waals surface area contributed by atoms with Crippen LogP contribution in [0, 0.1) is 26.3 Å². The molecule has 1 aromatic rings. The maximum absolute atomic E-state index is 9.18. The van der Waals surface area contributed by atoms with Crippen molar-refractivity contribution in [1.29, 1.82) is 0 Å². The van der Waals surface area contributed by atoms with Gasteiger partial charge in [0, 0.05) is 11.0 Å². The topological polar surface area (TPSA) is 20.2 Å². The molecule has 0 unspecified atom stereocenters. The molecule has 1 nitrogen and oxygen atoms in total.